The molecular weight excluding hydrogens is 254 g/mol. The fourth-order valence-corrected chi connectivity index (χ4v) is 3.71. The van der Waals surface area contributed by atoms with Gasteiger partial charge in [0.2, 0.25) is 5.91 Å². The molecule has 0 unspecified atom stereocenters. The Labute approximate surface area is 117 Å². The summed E-state index contributed by atoms with van der Waals surface area (Å²) >= 11 is 0. The van der Waals surface area contributed by atoms with Gasteiger partial charge in [-0.25, -0.2) is 0 Å². The smallest absolute Gasteiger partial charge is 0.313 e. The zero-order chi connectivity index (χ0) is 14.3. The lowest BCUT2D eigenvalue weighted by molar-refractivity contribution is -0.154. The van der Waals surface area contributed by atoms with Gasteiger partial charge in [0.15, 0.2) is 0 Å². The fraction of sp³-hybridized carbons (Fsp3) is 0.375. The van der Waals surface area contributed by atoms with Crippen LogP contribution in [0.3, 0.4) is 0 Å². The monoisotopic (exact) mass is 271 g/mol. The summed E-state index contributed by atoms with van der Waals surface area (Å²) in [6.07, 6.45) is 4.74. The van der Waals surface area contributed by atoms with Gasteiger partial charge >= 0.3 is 5.97 Å². The Bertz CT molecular complexity index is 581. The molecule has 1 amide bonds. The zero-order valence-electron chi connectivity index (χ0n) is 11.3. The van der Waals surface area contributed by atoms with Crippen molar-refractivity contribution in [2.75, 3.05) is 7.05 Å². The standard InChI is InChI=1S/C16H17NO3/c1-17-13(11-7-3-2-4-8-11)16(15(19)20)10-6-5-9-12(16)14(17)18/h2-8,12-13H,9-10H2,1H3,(H,19,20)/t12-,13+,16-/m1/s1. The first-order valence-electron chi connectivity index (χ1n) is 6.79. The zero-order valence-corrected chi connectivity index (χ0v) is 11.3. The van der Waals surface area contributed by atoms with E-state index in [9.17, 15) is 14.7 Å². The van der Waals surface area contributed by atoms with E-state index in [1.54, 1.807) is 11.9 Å². The maximum Gasteiger partial charge on any atom is 0.313 e. The largest absolute Gasteiger partial charge is 0.481 e. The predicted molar refractivity (Wildman–Crippen MR) is 73.9 cm³/mol. The molecule has 0 bridgehead atoms. The fourth-order valence-electron chi connectivity index (χ4n) is 3.71. The number of hydrogen-bond acceptors (Lipinski definition) is 2. The highest BCUT2D eigenvalue weighted by Gasteiger charge is 2.62. The van der Waals surface area contributed by atoms with E-state index in [1.165, 1.54) is 0 Å². The van der Waals surface area contributed by atoms with Gasteiger partial charge in [0, 0.05) is 7.05 Å². The number of carbonyl (C=O) groups is 2. The van der Waals surface area contributed by atoms with E-state index < -0.39 is 23.3 Å². The van der Waals surface area contributed by atoms with E-state index >= 15 is 0 Å². The summed E-state index contributed by atoms with van der Waals surface area (Å²) in [7, 11) is 1.71. The number of benzene rings is 1. The van der Waals surface area contributed by atoms with Crippen LogP contribution in [0.25, 0.3) is 0 Å². The van der Waals surface area contributed by atoms with Crippen molar-refractivity contribution in [2.24, 2.45) is 11.3 Å². The first-order chi connectivity index (χ1) is 9.59. The molecule has 1 aliphatic carbocycles. The Balaban J connectivity index is 2.18. The number of carbonyl (C=O) groups excluding carboxylic acids is 1. The second kappa shape index (κ2) is 4.47. The quantitative estimate of drug-likeness (QED) is 0.839. The minimum Gasteiger partial charge on any atom is -0.481 e. The van der Waals surface area contributed by atoms with E-state index in [2.05, 4.69) is 0 Å². The Morgan fingerprint density at radius 3 is 2.65 bits per heavy atom. The van der Waals surface area contributed by atoms with E-state index in [-0.39, 0.29) is 5.91 Å². The van der Waals surface area contributed by atoms with Crippen LogP contribution in [0.5, 0.6) is 0 Å². The van der Waals surface area contributed by atoms with E-state index in [4.69, 9.17) is 0 Å². The first-order valence-corrected chi connectivity index (χ1v) is 6.79. The second-order valence-electron chi connectivity index (χ2n) is 5.57. The highest BCUT2D eigenvalue weighted by Crippen LogP contribution is 2.56. The predicted octanol–water partition coefficient (Wildman–Crippen LogP) is 2.24. The summed E-state index contributed by atoms with van der Waals surface area (Å²) < 4.78 is 0. The molecule has 2 aliphatic rings. The Kier molecular flexibility index (Phi) is 2.89. The van der Waals surface area contributed by atoms with Crippen molar-refractivity contribution in [1.82, 2.24) is 4.90 Å². The molecule has 3 atom stereocenters. The molecule has 4 nitrogen and oxygen atoms in total. The van der Waals surface area contributed by atoms with Crippen LogP contribution in [0.2, 0.25) is 0 Å². The Morgan fingerprint density at radius 1 is 1.30 bits per heavy atom. The van der Waals surface area contributed by atoms with Gasteiger partial charge in [0.1, 0.15) is 5.41 Å². The lowest BCUT2D eigenvalue weighted by atomic mass is 9.65. The molecule has 1 heterocycles. The summed E-state index contributed by atoms with van der Waals surface area (Å²) in [5.41, 5.74) is -0.148. The number of carboxylic acid groups (broad SMARTS) is 1. The van der Waals surface area contributed by atoms with Crippen molar-refractivity contribution >= 4 is 11.9 Å². The number of aliphatic carboxylic acids is 1. The lowest BCUT2D eigenvalue weighted by Gasteiger charge is -2.36. The van der Waals surface area contributed by atoms with Crippen molar-refractivity contribution in [3.63, 3.8) is 0 Å². The van der Waals surface area contributed by atoms with Crippen LogP contribution >= 0.6 is 0 Å². The molecule has 4 heteroatoms. The number of likely N-dealkylation sites (tertiary alicyclic amines) is 1. The van der Waals surface area contributed by atoms with Crippen molar-refractivity contribution in [3.8, 4) is 0 Å². The molecule has 1 fully saturated rings. The number of allylic oxidation sites excluding steroid dienone is 2. The highest BCUT2D eigenvalue weighted by atomic mass is 16.4. The second-order valence-corrected chi connectivity index (χ2v) is 5.57. The molecule has 1 aromatic rings. The van der Waals surface area contributed by atoms with Crippen molar-refractivity contribution in [3.05, 3.63) is 48.0 Å². The molecule has 1 aromatic carbocycles. The normalized spacial score (nSPS) is 32.2. The summed E-state index contributed by atoms with van der Waals surface area (Å²) in [5, 5.41) is 9.85. The van der Waals surface area contributed by atoms with E-state index in [0.717, 1.165) is 5.56 Å². The first kappa shape index (κ1) is 12.9. The summed E-state index contributed by atoms with van der Waals surface area (Å²) in [6, 6.07) is 9.07. The number of carboxylic acids is 1. The molecule has 1 N–H and O–H groups in total. The van der Waals surface area contributed by atoms with Crippen LogP contribution in [-0.4, -0.2) is 28.9 Å². The Morgan fingerprint density at radius 2 is 2.00 bits per heavy atom. The van der Waals surface area contributed by atoms with Gasteiger partial charge in [-0.1, -0.05) is 42.5 Å². The molecular formula is C16H17NO3. The maximum atomic E-state index is 12.5. The molecule has 0 spiro atoms. The van der Waals surface area contributed by atoms with Gasteiger partial charge in [-0.05, 0) is 18.4 Å². The van der Waals surface area contributed by atoms with Gasteiger partial charge < -0.3 is 10.0 Å². The SMILES string of the molecule is CN1C(=O)[C@H]2CC=CC[C@]2(C(=O)O)[C@@H]1c1ccccc1. The molecule has 0 saturated carbocycles. The molecule has 104 valence electrons. The third kappa shape index (κ3) is 1.54. The highest BCUT2D eigenvalue weighted by molar-refractivity contribution is 5.93. The topological polar surface area (TPSA) is 57.6 Å². The van der Waals surface area contributed by atoms with Crippen LogP contribution in [0.4, 0.5) is 0 Å². The third-order valence-corrected chi connectivity index (χ3v) is 4.65. The van der Waals surface area contributed by atoms with Gasteiger partial charge in [0.05, 0.1) is 12.0 Å². The van der Waals surface area contributed by atoms with Gasteiger partial charge in [-0.3, -0.25) is 9.59 Å². The average Bonchev–Trinajstić information content (AvgIpc) is 2.70. The molecule has 3 rings (SSSR count). The molecule has 1 aliphatic heterocycles. The van der Waals surface area contributed by atoms with Crippen molar-refractivity contribution < 1.29 is 14.7 Å². The number of hydrogen-bond donors (Lipinski definition) is 1. The van der Waals surface area contributed by atoms with Crippen molar-refractivity contribution in [2.45, 2.75) is 18.9 Å². The van der Waals surface area contributed by atoms with Crippen LogP contribution in [0.1, 0.15) is 24.4 Å². The number of fused-ring (bicyclic) bond motifs is 1. The lowest BCUT2D eigenvalue weighted by Crippen LogP contribution is -2.42. The maximum absolute atomic E-state index is 12.5. The van der Waals surface area contributed by atoms with Gasteiger partial charge in [0.25, 0.3) is 0 Å². The Hall–Kier alpha value is -2.10. The third-order valence-electron chi connectivity index (χ3n) is 4.65. The van der Waals surface area contributed by atoms with Crippen LogP contribution in [0.15, 0.2) is 42.5 Å². The number of nitrogens with zero attached hydrogens (tertiary/aromatic N) is 1. The van der Waals surface area contributed by atoms with E-state index in [0.29, 0.717) is 12.8 Å². The van der Waals surface area contributed by atoms with Crippen LogP contribution < -0.4 is 0 Å². The number of rotatable bonds is 2. The molecule has 1 saturated heterocycles. The molecule has 20 heavy (non-hydrogen) atoms. The van der Waals surface area contributed by atoms with Gasteiger partial charge in [-0.2, -0.15) is 0 Å². The van der Waals surface area contributed by atoms with Crippen molar-refractivity contribution in [1.29, 1.82) is 0 Å². The molecule has 0 radical (unpaired) electrons. The minimum absolute atomic E-state index is 0.0643. The number of amides is 1. The van der Waals surface area contributed by atoms with Crippen LogP contribution in [0, 0.1) is 11.3 Å². The minimum atomic E-state index is -1.04. The van der Waals surface area contributed by atoms with Crippen LogP contribution in [-0.2, 0) is 9.59 Å². The van der Waals surface area contributed by atoms with E-state index in [1.807, 2.05) is 42.5 Å². The summed E-state index contributed by atoms with van der Waals surface area (Å²) in [5.74, 6) is -1.40. The summed E-state index contributed by atoms with van der Waals surface area (Å²) in [4.78, 5) is 26.1. The summed E-state index contributed by atoms with van der Waals surface area (Å²) in [6.45, 7) is 0. The average molecular weight is 271 g/mol. The molecule has 0 aromatic heterocycles. The van der Waals surface area contributed by atoms with Gasteiger partial charge in [-0.15, -0.1) is 0 Å².